The number of aryl methyl sites for hydroxylation is 1. The summed E-state index contributed by atoms with van der Waals surface area (Å²) in [6.07, 6.45) is 3.94. The number of carbonyl (C=O) groups is 1. The van der Waals surface area contributed by atoms with Crippen molar-refractivity contribution in [2.75, 3.05) is 0 Å². The maximum absolute atomic E-state index is 12.2. The molecular formula is C15H19NO3S. The van der Waals surface area contributed by atoms with Gasteiger partial charge in [0.2, 0.25) is 5.91 Å². The van der Waals surface area contributed by atoms with Crippen molar-refractivity contribution < 1.29 is 13.2 Å². The second-order valence-electron chi connectivity index (χ2n) is 6.05. The third kappa shape index (κ3) is 2.73. The van der Waals surface area contributed by atoms with E-state index >= 15 is 0 Å². The van der Waals surface area contributed by atoms with Crippen molar-refractivity contribution in [3.05, 3.63) is 29.8 Å². The van der Waals surface area contributed by atoms with Crippen LogP contribution in [0.5, 0.6) is 0 Å². The fourth-order valence-electron chi connectivity index (χ4n) is 3.15. The van der Waals surface area contributed by atoms with Crippen molar-refractivity contribution in [1.29, 1.82) is 0 Å². The molecule has 0 radical (unpaired) electrons. The van der Waals surface area contributed by atoms with Crippen molar-refractivity contribution >= 4 is 15.9 Å². The molecule has 1 amide bonds. The molecule has 108 valence electrons. The van der Waals surface area contributed by atoms with Crippen molar-refractivity contribution in [3.63, 3.8) is 0 Å². The molecule has 5 heteroatoms. The summed E-state index contributed by atoms with van der Waals surface area (Å²) in [5, 5.41) is 0. The Morgan fingerprint density at radius 1 is 1.20 bits per heavy atom. The van der Waals surface area contributed by atoms with Crippen LogP contribution in [-0.2, 0) is 14.8 Å². The Balaban J connectivity index is 1.71. The number of rotatable bonds is 3. The lowest BCUT2D eigenvalue weighted by Gasteiger charge is -2.20. The Hall–Kier alpha value is -1.36. The minimum Gasteiger partial charge on any atom is -0.274 e. The zero-order valence-electron chi connectivity index (χ0n) is 11.5. The molecule has 2 fully saturated rings. The van der Waals surface area contributed by atoms with Gasteiger partial charge in [0.05, 0.1) is 4.90 Å². The quantitative estimate of drug-likeness (QED) is 0.929. The smallest absolute Gasteiger partial charge is 0.264 e. The first-order chi connectivity index (χ1) is 9.45. The first-order valence-electron chi connectivity index (χ1n) is 7.09. The van der Waals surface area contributed by atoms with Crippen LogP contribution in [0.15, 0.2) is 29.2 Å². The van der Waals surface area contributed by atoms with Crippen LogP contribution in [0.3, 0.4) is 0 Å². The topological polar surface area (TPSA) is 63.2 Å². The van der Waals surface area contributed by atoms with E-state index in [1.165, 1.54) is 12.5 Å². The van der Waals surface area contributed by atoms with Gasteiger partial charge >= 0.3 is 0 Å². The molecule has 2 saturated carbocycles. The van der Waals surface area contributed by atoms with Gasteiger partial charge in [-0.25, -0.2) is 13.1 Å². The minimum absolute atomic E-state index is 0.140. The van der Waals surface area contributed by atoms with Gasteiger partial charge in [-0.3, -0.25) is 4.79 Å². The molecule has 0 saturated heterocycles. The molecule has 2 aliphatic carbocycles. The summed E-state index contributed by atoms with van der Waals surface area (Å²) in [6, 6.07) is 6.60. The van der Waals surface area contributed by atoms with Crippen LogP contribution in [0, 0.1) is 24.7 Å². The lowest BCUT2D eigenvalue weighted by molar-refractivity contribution is -0.124. The molecule has 3 rings (SSSR count). The van der Waals surface area contributed by atoms with Gasteiger partial charge in [-0.1, -0.05) is 12.1 Å². The van der Waals surface area contributed by atoms with Crippen molar-refractivity contribution in [2.24, 2.45) is 17.8 Å². The summed E-state index contributed by atoms with van der Waals surface area (Å²) in [7, 11) is -3.73. The van der Waals surface area contributed by atoms with Crippen LogP contribution in [0.4, 0.5) is 0 Å². The lowest BCUT2D eigenvalue weighted by atomic mass is 9.89. The summed E-state index contributed by atoms with van der Waals surface area (Å²) >= 11 is 0. The number of hydrogen-bond acceptors (Lipinski definition) is 3. The minimum atomic E-state index is -3.73. The fourth-order valence-corrected chi connectivity index (χ4v) is 4.29. The molecule has 0 bridgehead atoms. The highest BCUT2D eigenvalue weighted by Crippen LogP contribution is 2.51. The van der Waals surface area contributed by atoms with E-state index in [0.29, 0.717) is 5.92 Å². The molecule has 1 aromatic rings. The van der Waals surface area contributed by atoms with E-state index in [2.05, 4.69) is 4.72 Å². The Labute approximate surface area is 119 Å². The average molecular weight is 293 g/mol. The molecule has 2 aliphatic rings. The van der Waals surface area contributed by atoms with E-state index in [9.17, 15) is 13.2 Å². The highest BCUT2D eigenvalue weighted by molar-refractivity contribution is 7.90. The van der Waals surface area contributed by atoms with Gasteiger partial charge in [-0.05, 0) is 62.1 Å². The second kappa shape index (κ2) is 4.88. The van der Waals surface area contributed by atoms with Gasteiger partial charge in [0.15, 0.2) is 0 Å². The Kier molecular flexibility index (Phi) is 3.32. The number of fused-ring (bicyclic) bond motifs is 1. The van der Waals surface area contributed by atoms with Gasteiger partial charge in [0, 0.05) is 5.92 Å². The second-order valence-corrected chi connectivity index (χ2v) is 7.73. The van der Waals surface area contributed by atoms with Gasteiger partial charge < -0.3 is 0 Å². The van der Waals surface area contributed by atoms with Crippen LogP contribution in [-0.4, -0.2) is 14.3 Å². The van der Waals surface area contributed by atoms with Gasteiger partial charge in [0.1, 0.15) is 0 Å². The van der Waals surface area contributed by atoms with Crippen molar-refractivity contribution in [1.82, 2.24) is 4.72 Å². The van der Waals surface area contributed by atoms with Crippen LogP contribution in [0.2, 0.25) is 0 Å². The molecule has 0 heterocycles. The molecule has 1 aromatic carbocycles. The van der Waals surface area contributed by atoms with Gasteiger partial charge in [-0.15, -0.1) is 0 Å². The van der Waals surface area contributed by atoms with E-state index in [4.69, 9.17) is 0 Å². The standard InChI is InChI=1S/C15H19NO3S/c1-10-3-2-4-14(7-10)20(18,19)16-15(17)12-6-5-11-8-13(11)9-12/h2-4,7,11-13H,5-6,8-9H2,1H3,(H,16,17). The zero-order valence-corrected chi connectivity index (χ0v) is 12.3. The summed E-state index contributed by atoms with van der Waals surface area (Å²) in [5.41, 5.74) is 0.860. The van der Waals surface area contributed by atoms with Crippen LogP contribution in [0.1, 0.15) is 31.2 Å². The molecule has 4 nitrogen and oxygen atoms in total. The third-order valence-corrected chi connectivity index (χ3v) is 5.79. The number of sulfonamides is 1. The molecule has 3 unspecified atom stereocenters. The van der Waals surface area contributed by atoms with Crippen LogP contribution >= 0.6 is 0 Å². The number of carbonyl (C=O) groups excluding carboxylic acids is 1. The number of benzene rings is 1. The van der Waals surface area contributed by atoms with Gasteiger partial charge in [-0.2, -0.15) is 0 Å². The fraction of sp³-hybridized carbons (Fsp3) is 0.533. The summed E-state index contributed by atoms with van der Waals surface area (Å²) in [6.45, 7) is 1.83. The molecule has 0 aliphatic heterocycles. The van der Waals surface area contributed by atoms with Crippen molar-refractivity contribution in [2.45, 2.75) is 37.5 Å². The summed E-state index contributed by atoms with van der Waals surface area (Å²) in [4.78, 5) is 12.3. The maximum Gasteiger partial charge on any atom is 0.264 e. The molecule has 1 N–H and O–H groups in total. The maximum atomic E-state index is 12.2. The first-order valence-corrected chi connectivity index (χ1v) is 8.57. The number of amides is 1. The molecule has 0 aromatic heterocycles. The number of nitrogens with one attached hydrogen (secondary N) is 1. The largest absolute Gasteiger partial charge is 0.274 e. The predicted molar refractivity (Wildman–Crippen MR) is 75.4 cm³/mol. The predicted octanol–water partition coefficient (Wildman–Crippen LogP) is 2.24. The zero-order chi connectivity index (χ0) is 14.3. The average Bonchev–Trinajstić information content (AvgIpc) is 3.16. The molecule has 3 atom stereocenters. The summed E-state index contributed by atoms with van der Waals surface area (Å²) < 4.78 is 26.6. The first kappa shape index (κ1) is 13.6. The lowest BCUT2D eigenvalue weighted by Crippen LogP contribution is -2.36. The molecular weight excluding hydrogens is 274 g/mol. The highest BCUT2D eigenvalue weighted by Gasteiger charge is 2.44. The van der Waals surface area contributed by atoms with E-state index in [1.807, 2.05) is 13.0 Å². The van der Waals surface area contributed by atoms with Crippen LogP contribution < -0.4 is 4.72 Å². The van der Waals surface area contributed by atoms with Crippen molar-refractivity contribution in [3.8, 4) is 0 Å². The Bertz CT molecular complexity index is 638. The third-order valence-electron chi connectivity index (χ3n) is 4.45. The molecule has 20 heavy (non-hydrogen) atoms. The summed E-state index contributed by atoms with van der Waals surface area (Å²) in [5.74, 6) is 0.976. The normalized spacial score (nSPS) is 28.6. The van der Waals surface area contributed by atoms with E-state index in [0.717, 1.165) is 30.7 Å². The van der Waals surface area contributed by atoms with Crippen LogP contribution in [0.25, 0.3) is 0 Å². The Morgan fingerprint density at radius 3 is 2.70 bits per heavy atom. The van der Waals surface area contributed by atoms with E-state index < -0.39 is 10.0 Å². The monoisotopic (exact) mass is 293 g/mol. The van der Waals surface area contributed by atoms with E-state index in [-0.39, 0.29) is 16.7 Å². The van der Waals surface area contributed by atoms with Gasteiger partial charge in [0.25, 0.3) is 10.0 Å². The number of hydrogen-bond donors (Lipinski definition) is 1. The highest BCUT2D eigenvalue weighted by atomic mass is 32.2. The Morgan fingerprint density at radius 2 is 2.00 bits per heavy atom. The SMILES string of the molecule is Cc1cccc(S(=O)(=O)NC(=O)C2CCC3CC3C2)c1. The van der Waals surface area contributed by atoms with E-state index in [1.54, 1.807) is 12.1 Å². The molecule has 0 spiro atoms.